The molecule has 4 heterocycles. The van der Waals surface area contributed by atoms with Gasteiger partial charge in [-0.05, 0) is 68.1 Å². The van der Waals surface area contributed by atoms with Crippen LogP contribution in [-0.2, 0) is 16.6 Å². The van der Waals surface area contributed by atoms with Crippen molar-refractivity contribution in [2.75, 3.05) is 23.6 Å². The van der Waals surface area contributed by atoms with Gasteiger partial charge in [0.15, 0.2) is 16.5 Å². The Morgan fingerprint density at radius 1 is 1.14 bits per heavy atom. The number of carbonyl (C=O) groups is 1. The van der Waals surface area contributed by atoms with Crippen LogP contribution in [0.5, 0.6) is 11.5 Å². The average Bonchev–Trinajstić information content (AvgIpc) is 3.45. The number of fused-ring (bicyclic) bond motifs is 1. The molecule has 37 heavy (non-hydrogen) atoms. The first-order valence-electron chi connectivity index (χ1n) is 12.0. The fourth-order valence-electron chi connectivity index (χ4n) is 4.53. The van der Waals surface area contributed by atoms with E-state index < -0.39 is 15.9 Å². The zero-order valence-electron chi connectivity index (χ0n) is 20.9. The van der Waals surface area contributed by atoms with Crippen LogP contribution >= 0.6 is 0 Å². The first kappa shape index (κ1) is 24.8. The zero-order chi connectivity index (χ0) is 26.2. The molecule has 11 heteroatoms. The van der Waals surface area contributed by atoms with Crippen LogP contribution in [-0.4, -0.2) is 43.2 Å². The number of hydrogen-bond acceptors (Lipinski definition) is 9. The van der Waals surface area contributed by atoms with Gasteiger partial charge in [0.1, 0.15) is 11.6 Å². The molecule has 0 radical (unpaired) electrons. The van der Waals surface area contributed by atoms with Crippen molar-refractivity contribution in [3.8, 4) is 11.5 Å². The van der Waals surface area contributed by atoms with Crippen molar-refractivity contribution in [2.45, 2.75) is 44.3 Å². The first-order valence-corrected chi connectivity index (χ1v) is 13.5. The normalized spacial score (nSPS) is 18.0. The summed E-state index contributed by atoms with van der Waals surface area (Å²) in [4.78, 5) is 23.9. The Labute approximate surface area is 216 Å². The lowest BCUT2D eigenvalue weighted by Gasteiger charge is -2.36. The van der Waals surface area contributed by atoms with E-state index in [2.05, 4.69) is 45.7 Å². The Morgan fingerprint density at radius 3 is 2.73 bits per heavy atom. The lowest BCUT2D eigenvalue weighted by molar-refractivity contribution is 0.0981. The van der Waals surface area contributed by atoms with E-state index in [9.17, 15) is 13.2 Å². The summed E-state index contributed by atoms with van der Waals surface area (Å²) in [6, 6.07) is 13.3. The van der Waals surface area contributed by atoms with E-state index in [1.807, 2.05) is 18.2 Å². The van der Waals surface area contributed by atoms with Crippen molar-refractivity contribution < 1.29 is 22.7 Å². The largest absolute Gasteiger partial charge is 0.454 e. The molecule has 2 N–H and O–H groups in total. The molecule has 194 valence electrons. The Morgan fingerprint density at radius 2 is 1.95 bits per heavy atom. The maximum Gasteiger partial charge on any atom is 0.281 e. The molecule has 0 saturated carbocycles. The number of hydrogen-bond donors (Lipinski definition) is 2. The number of carbonyl (C=O) groups excluding carboxylic acids is 1. The lowest BCUT2D eigenvalue weighted by atomic mass is 9.90. The molecule has 1 atom stereocenters. The number of anilines is 2. The van der Waals surface area contributed by atoms with E-state index in [0.29, 0.717) is 35.6 Å². The highest BCUT2D eigenvalue weighted by molar-refractivity contribution is 7.90. The molecule has 2 aliphatic rings. The van der Waals surface area contributed by atoms with E-state index in [-0.39, 0.29) is 22.9 Å². The SMILES string of the molecule is CC1CCN(c2ncccc2C(=O)NS(=O)(=O)c2cccc(NCc3ccc4c(c3)OCO4)n2)C1(C)C. The highest BCUT2D eigenvalue weighted by Gasteiger charge is 2.40. The monoisotopic (exact) mass is 523 g/mol. The van der Waals surface area contributed by atoms with Gasteiger partial charge in [-0.15, -0.1) is 0 Å². The van der Waals surface area contributed by atoms with Crippen molar-refractivity contribution in [3.63, 3.8) is 0 Å². The van der Waals surface area contributed by atoms with Gasteiger partial charge in [0.2, 0.25) is 6.79 Å². The van der Waals surface area contributed by atoms with E-state index >= 15 is 0 Å². The molecule has 1 fully saturated rings. The first-order chi connectivity index (χ1) is 17.6. The van der Waals surface area contributed by atoms with Gasteiger partial charge < -0.3 is 19.7 Å². The maximum atomic E-state index is 13.2. The maximum absolute atomic E-state index is 13.2. The number of pyridine rings is 2. The van der Waals surface area contributed by atoms with Crippen LogP contribution in [0, 0.1) is 5.92 Å². The highest BCUT2D eigenvalue weighted by atomic mass is 32.2. The Kier molecular flexibility index (Phi) is 6.40. The molecule has 10 nitrogen and oxygen atoms in total. The summed E-state index contributed by atoms with van der Waals surface area (Å²) in [6.45, 7) is 7.67. The minimum atomic E-state index is -4.23. The summed E-state index contributed by atoms with van der Waals surface area (Å²) in [6.07, 6.45) is 2.56. The predicted octanol–water partition coefficient (Wildman–Crippen LogP) is 3.56. The summed E-state index contributed by atoms with van der Waals surface area (Å²) in [5.74, 6) is 1.81. The molecule has 1 amide bonds. The number of nitrogens with one attached hydrogen (secondary N) is 2. The molecule has 1 aromatic carbocycles. The predicted molar refractivity (Wildman–Crippen MR) is 138 cm³/mol. The number of aromatic nitrogens is 2. The third-order valence-electron chi connectivity index (χ3n) is 7.11. The third-order valence-corrected chi connectivity index (χ3v) is 8.34. The van der Waals surface area contributed by atoms with Crippen LogP contribution in [0.3, 0.4) is 0 Å². The summed E-state index contributed by atoms with van der Waals surface area (Å²) in [7, 11) is -4.23. The van der Waals surface area contributed by atoms with Gasteiger partial charge in [-0.3, -0.25) is 4.79 Å². The minimum Gasteiger partial charge on any atom is -0.454 e. The average molecular weight is 524 g/mol. The van der Waals surface area contributed by atoms with Crippen LogP contribution in [0.25, 0.3) is 0 Å². The zero-order valence-corrected chi connectivity index (χ0v) is 21.7. The summed E-state index contributed by atoms with van der Waals surface area (Å²) >= 11 is 0. The molecule has 5 rings (SSSR count). The fraction of sp³-hybridized carbons (Fsp3) is 0.346. The molecule has 1 saturated heterocycles. The van der Waals surface area contributed by atoms with Gasteiger partial charge in [-0.2, -0.15) is 8.42 Å². The fourth-order valence-corrected chi connectivity index (χ4v) is 5.47. The minimum absolute atomic E-state index is 0.189. The number of amides is 1. The number of rotatable bonds is 7. The van der Waals surface area contributed by atoms with Crippen molar-refractivity contribution in [1.82, 2.24) is 14.7 Å². The van der Waals surface area contributed by atoms with Crippen LogP contribution < -0.4 is 24.4 Å². The molecule has 2 aromatic heterocycles. The summed E-state index contributed by atoms with van der Waals surface area (Å²) in [5, 5.41) is 2.84. The van der Waals surface area contributed by atoms with Crippen molar-refractivity contribution in [2.24, 2.45) is 5.92 Å². The molecular weight excluding hydrogens is 494 g/mol. The Bertz CT molecular complexity index is 1440. The second-order valence-corrected chi connectivity index (χ2v) is 11.3. The molecule has 0 spiro atoms. The van der Waals surface area contributed by atoms with Gasteiger partial charge >= 0.3 is 0 Å². The topological polar surface area (TPSA) is 123 Å². The summed E-state index contributed by atoms with van der Waals surface area (Å²) in [5.41, 5.74) is 0.892. The van der Waals surface area contributed by atoms with Gasteiger partial charge in [0, 0.05) is 24.8 Å². The molecule has 1 unspecified atom stereocenters. The Hall–Kier alpha value is -3.86. The molecule has 0 aliphatic carbocycles. The number of benzene rings is 1. The van der Waals surface area contributed by atoms with Crippen molar-refractivity contribution in [3.05, 3.63) is 65.9 Å². The van der Waals surface area contributed by atoms with Gasteiger partial charge in [0.05, 0.1) is 5.56 Å². The van der Waals surface area contributed by atoms with E-state index in [1.54, 1.807) is 30.5 Å². The number of ether oxygens (including phenoxy) is 2. The number of nitrogens with zero attached hydrogens (tertiary/aromatic N) is 3. The summed E-state index contributed by atoms with van der Waals surface area (Å²) < 4.78 is 39.1. The van der Waals surface area contributed by atoms with E-state index in [1.165, 1.54) is 6.07 Å². The highest BCUT2D eigenvalue weighted by Crippen LogP contribution is 2.38. The van der Waals surface area contributed by atoms with Crippen molar-refractivity contribution >= 4 is 27.6 Å². The lowest BCUT2D eigenvalue weighted by Crippen LogP contribution is -2.43. The molecule has 0 bridgehead atoms. The van der Waals surface area contributed by atoms with E-state index in [4.69, 9.17) is 9.47 Å². The molecule has 3 aromatic rings. The smallest absolute Gasteiger partial charge is 0.281 e. The van der Waals surface area contributed by atoms with Gasteiger partial charge in [-0.25, -0.2) is 14.7 Å². The second kappa shape index (κ2) is 9.55. The van der Waals surface area contributed by atoms with Crippen LogP contribution in [0.15, 0.2) is 59.8 Å². The number of sulfonamides is 1. The van der Waals surface area contributed by atoms with Crippen LogP contribution in [0.2, 0.25) is 0 Å². The van der Waals surface area contributed by atoms with Crippen molar-refractivity contribution in [1.29, 1.82) is 0 Å². The second-order valence-electron chi connectivity index (χ2n) is 9.71. The standard InChI is InChI=1S/C26H29N5O5S/c1-17-11-13-31(26(17,2)3)24-19(6-5-12-27-24)25(32)30-37(33,34)23-8-4-7-22(29-23)28-15-18-9-10-20-21(14-18)36-16-35-20/h4-10,12,14,17H,11,13,15-16H2,1-3H3,(H,28,29)(H,30,32). The Balaban J connectivity index is 1.31. The molecular formula is C26H29N5O5S. The quantitative estimate of drug-likeness (QED) is 0.478. The third kappa shape index (κ3) is 4.91. The van der Waals surface area contributed by atoms with Gasteiger partial charge in [0.25, 0.3) is 15.9 Å². The molecule has 2 aliphatic heterocycles. The van der Waals surface area contributed by atoms with Crippen LogP contribution in [0.1, 0.15) is 43.1 Å². The van der Waals surface area contributed by atoms with Crippen LogP contribution in [0.4, 0.5) is 11.6 Å². The van der Waals surface area contributed by atoms with E-state index in [0.717, 1.165) is 18.5 Å². The van der Waals surface area contributed by atoms with Gasteiger partial charge in [-0.1, -0.05) is 19.1 Å².